The highest BCUT2D eigenvalue weighted by atomic mass is 19.1. The zero-order valence-electron chi connectivity index (χ0n) is 11.6. The van der Waals surface area contributed by atoms with E-state index in [2.05, 4.69) is 10.6 Å². The third kappa shape index (κ3) is 3.31. The molecule has 0 saturated carbocycles. The lowest BCUT2D eigenvalue weighted by Gasteiger charge is -2.23. The van der Waals surface area contributed by atoms with Gasteiger partial charge in [-0.15, -0.1) is 0 Å². The predicted octanol–water partition coefficient (Wildman–Crippen LogP) is 2.57. The van der Waals surface area contributed by atoms with Crippen LogP contribution in [0.25, 0.3) is 11.3 Å². The number of benzene rings is 1. The highest BCUT2D eigenvalue weighted by molar-refractivity contribution is 5.92. The summed E-state index contributed by atoms with van der Waals surface area (Å²) >= 11 is 0. The number of rotatable bonds is 3. The van der Waals surface area contributed by atoms with Crippen LogP contribution in [0.1, 0.15) is 23.4 Å². The van der Waals surface area contributed by atoms with E-state index in [0.717, 1.165) is 31.5 Å². The second-order valence-electron chi connectivity index (χ2n) is 5.17. The molecule has 0 radical (unpaired) electrons. The largest absolute Gasteiger partial charge is 0.451 e. The van der Waals surface area contributed by atoms with Crippen molar-refractivity contribution in [1.29, 1.82) is 0 Å². The van der Waals surface area contributed by atoms with Crippen molar-refractivity contribution in [2.45, 2.75) is 18.9 Å². The summed E-state index contributed by atoms with van der Waals surface area (Å²) in [6.07, 6.45) is 1.86. The van der Waals surface area contributed by atoms with Gasteiger partial charge in [-0.1, -0.05) is 0 Å². The Balaban J connectivity index is 1.69. The number of piperidine rings is 1. The van der Waals surface area contributed by atoms with Gasteiger partial charge < -0.3 is 15.1 Å². The molecule has 0 bridgehead atoms. The van der Waals surface area contributed by atoms with Crippen molar-refractivity contribution in [3.63, 3.8) is 0 Å². The van der Waals surface area contributed by atoms with Gasteiger partial charge in [-0.3, -0.25) is 4.79 Å². The van der Waals surface area contributed by atoms with Gasteiger partial charge in [0.25, 0.3) is 5.91 Å². The maximum Gasteiger partial charge on any atom is 0.287 e. The Hall–Kier alpha value is -2.14. The minimum Gasteiger partial charge on any atom is -0.451 e. The second-order valence-corrected chi connectivity index (χ2v) is 5.17. The number of hydrogen-bond donors (Lipinski definition) is 2. The molecule has 0 spiro atoms. The van der Waals surface area contributed by atoms with Gasteiger partial charge in [0.2, 0.25) is 0 Å². The second kappa shape index (κ2) is 6.10. The standard InChI is InChI=1S/C16H17FN2O2/c17-12-3-1-11(2-4-12)14-5-6-15(21-14)16(20)19-13-7-9-18-10-8-13/h1-6,13,18H,7-10H2,(H,19,20). The summed E-state index contributed by atoms with van der Waals surface area (Å²) in [5, 5.41) is 6.23. The highest BCUT2D eigenvalue weighted by Gasteiger charge is 2.18. The molecular weight excluding hydrogens is 271 g/mol. The van der Waals surface area contributed by atoms with Gasteiger partial charge in [0, 0.05) is 11.6 Å². The van der Waals surface area contributed by atoms with E-state index < -0.39 is 0 Å². The van der Waals surface area contributed by atoms with Gasteiger partial charge in [0.1, 0.15) is 11.6 Å². The number of halogens is 1. The fraction of sp³-hybridized carbons (Fsp3) is 0.312. The Morgan fingerprint density at radius 3 is 2.57 bits per heavy atom. The summed E-state index contributed by atoms with van der Waals surface area (Å²) in [5.41, 5.74) is 0.748. The molecule has 0 unspecified atom stereocenters. The molecule has 1 aliphatic rings. The van der Waals surface area contributed by atoms with Crippen LogP contribution in [0.4, 0.5) is 4.39 Å². The third-order valence-corrected chi connectivity index (χ3v) is 3.63. The Labute approximate surface area is 122 Å². The molecule has 1 saturated heterocycles. The van der Waals surface area contributed by atoms with Gasteiger partial charge in [-0.05, 0) is 62.3 Å². The van der Waals surface area contributed by atoms with Crippen LogP contribution in [0.3, 0.4) is 0 Å². The molecule has 21 heavy (non-hydrogen) atoms. The molecule has 0 atom stereocenters. The van der Waals surface area contributed by atoms with Gasteiger partial charge >= 0.3 is 0 Å². The number of carbonyl (C=O) groups excluding carboxylic acids is 1. The summed E-state index contributed by atoms with van der Waals surface area (Å²) in [6, 6.07) is 9.56. The quantitative estimate of drug-likeness (QED) is 0.912. The van der Waals surface area contributed by atoms with Crippen LogP contribution in [-0.2, 0) is 0 Å². The van der Waals surface area contributed by atoms with Gasteiger partial charge in [0.05, 0.1) is 0 Å². The van der Waals surface area contributed by atoms with E-state index in [9.17, 15) is 9.18 Å². The molecule has 4 nitrogen and oxygen atoms in total. The van der Waals surface area contributed by atoms with Gasteiger partial charge in [-0.2, -0.15) is 0 Å². The predicted molar refractivity (Wildman–Crippen MR) is 77.5 cm³/mol. The van der Waals surface area contributed by atoms with Crippen molar-refractivity contribution in [3.05, 3.63) is 48.0 Å². The van der Waals surface area contributed by atoms with Crippen LogP contribution in [0, 0.1) is 5.82 Å². The highest BCUT2D eigenvalue weighted by Crippen LogP contribution is 2.22. The smallest absolute Gasteiger partial charge is 0.287 e. The van der Waals surface area contributed by atoms with Gasteiger partial charge in [-0.25, -0.2) is 4.39 Å². The summed E-state index contributed by atoms with van der Waals surface area (Å²) in [6.45, 7) is 1.84. The van der Waals surface area contributed by atoms with E-state index in [1.54, 1.807) is 24.3 Å². The molecule has 1 aliphatic heterocycles. The first-order valence-corrected chi connectivity index (χ1v) is 7.10. The molecule has 2 N–H and O–H groups in total. The lowest BCUT2D eigenvalue weighted by molar-refractivity contribution is 0.0902. The van der Waals surface area contributed by atoms with Crippen molar-refractivity contribution in [2.24, 2.45) is 0 Å². The van der Waals surface area contributed by atoms with Crippen molar-refractivity contribution in [3.8, 4) is 11.3 Å². The van der Waals surface area contributed by atoms with Crippen molar-refractivity contribution in [1.82, 2.24) is 10.6 Å². The summed E-state index contributed by atoms with van der Waals surface area (Å²) < 4.78 is 18.5. The van der Waals surface area contributed by atoms with E-state index >= 15 is 0 Å². The maximum absolute atomic E-state index is 12.9. The van der Waals surface area contributed by atoms with E-state index in [1.165, 1.54) is 12.1 Å². The van der Waals surface area contributed by atoms with Crippen molar-refractivity contribution < 1.29 is 13.6 Å². The minimum absolute atomic E-state index is 0.193. The minimum atomic E-state index is -0.297. The molecule has 2 heterocycles. The average molecular weight is 288 g/mol. The Morgan fingerprint density at radius 2 is 1.86 bits per heavy atom. The molecule has 1 aromatic carbocycles. The Bertz CT molecular complexity index is 615. The fourth-order valence-corrected chi connectivity index (χ4v) is 2.45. The molecule has 1 aromatic heterocycles. The summed E-state index contributed by atoms with van der Waals surface area (Å²) in [7, 11) is 0. The van der Waals surface area contributed by atoms with Crippen LogP contribution in [0.15, 0.2) is 40.8 Å². The molecule has 110 valence electrons. The molecule has 0 aliphatic carbocycles. The Morgan fingerprint density at radius 1 is 1.14 bits per heavy atom. The lowest BCUT2D eigenvalue weighted by Crippen LogP contribution is -2.42. The summed E-state index contributed by atoms with van der Waals surface area (Å²) in [4.78, 5) is 12.1. The molecule has 2 aromatic rings. The zero-order chi connectivity index (χ0) is 14.7. The summed E-state index contributed by atoms with van der Waals surface area (Å²) in [5.74, 6) is 0.350. The van der Waals surface area contributed by atoms with Crippen LogP contribution in [0.2, 0.25) is 0 Å². The topological polar surface area (TPSA) is 54.3 Å². The molecular formula is C16H17FN2O2. The van der Waals surface area contributed by atoms with Gasteiger partial charge in [0.15, 0.2) is 5.76 Å². The van der Waals surface area contributed by atoms with Crippen molar-refractivity contribution in [2.75, 3.05) is 13.1 Å². The number of amides is 1. The normalized spacial score (nSPS) is 15.9. The number of hydrogen-bond acceptors (Lipinski definition) is 3. The van der Waals surface area contributed by atoms with Crippen molar-refractivity contribution >= 4 is 5.91 Å². The molecule has 3 rings (SSSR count). The molecule has 1 amide bonds. The first-order valence-electron chi connectivity index (χ1n) is 7.10. The lowest BCUT2D eigenvalue weighted by atomic mass is 10.1. The number of carbonyl (C=O) groups is 1. The fourth-order valence-electron chi connectivity index (χ4n) is 2.45. The molecule has 5 heteroatoms. The van der Waals surface area contributed by atoms with E-state index in [4.69, 9.17) is 4.42 Å². The van der Waals surface area contributed by atoms with E-state index in [-0.39, 0.29) is 23.5 Å². The maximum atomic E-state index is 12.9. The number of furan rings is 1. The SMILES string of the molecule is O=C(NC1CCNCC1)c1ccc(-c2ccc(F)cc2)o1. The number of nitrogens with one attached hydrogen (secondary N) is 2. The first kappa shape index (κ1) is 13.8. The monoisotopic (exact) mass is 288 g/mol. The van der Waals surface area contributed by atoms with Crippen LogP contribution >= 0.6 is 0 Å². The van der Waals surface area contributed by atoms with E-state index in [0.29, 0.717) is 5.76 Å². The molecule has 1 fully saturated rings. The van der Waals surface area contributed by atoms with Crippen LogP contribution in [0.5, 0.6) is 0 Å². The Kier molecular flexibility index (Phi) is 4.01. The van der Waals surface area contributed by atoms with Crippen LogP contribution < -0.4 is 10.6 Å². The average Bonchev–Trinajstić information content (AvgIpc) is 2.99. The zero-order valence-corrected chi connectivity index (χ0v) is 11.6. The van der Waals surface area contributed by atoms with E-state index in [1.807, 2.05) is 0 Å². The first-order chi connectivity index (χ1) is 10.2. The van der Waals surface area contributed by atoms with Crippen LogP contribution in [-0.4, -0.2) is 25.0 Å². The third-order valence-electron chi connectivity index (χ3n) is 3.63.